The lowest BCUT2D eigenvalue weighted by atomic mass is 10.1. The van der Waals surface area contributed by atoms with Crippen molar-refractivity contribution in [2.24, 2.45) is 17.8 Å². The summed E-state index contributed by atoms with van der Waals surface area (Å²) in [5.41, 5.74) is 13.2. The van der Waals surface area contributed by atoms with Gasteiger partial charge in [0.05, 0.1) is 31.1 Å². The summed E-state index contributed by atoms with van der Waals surface area (Å²) in [6.45, 7) is 30.8. The Hall–Kier alpha value is -3.52. The van der Waals surface area contributed by atoms with Crippen molar-refractivity contribution >= 4 is 70.7 Å². The number of nitrogen functional groups attached to an aromatic ring is 1. The summed E-state index contributed by atoms with van der Waals surface area (Å²) in [4.78, 5) is 30.3. The average Bonchev–Trinajstić information content (AvgIpc) is 4.16. The Balaban J connectivity index is 0.000000210. The number of nitrogens with two attached hydrogens (primary N) is 1. The maximum absolute atomic E-state index is 9.99. The molecule has 390 valence electrons. The fraction of sp³-hybridized carbons (Fsp3) is 0.640. The third-order valence-electron chi connectivity index (χ3n) is 12.4. The largest absolute Gasteiger partial charge is 0.493 e. The van der Waals surface area contributed by atoms with E-state index >= 15 is 0 Å². The molecular formula is C50H80I2N12O6. The molecule has 0 bridgehead atoms. The molecule has 18 nitrogen and oxygen atoms in total. The van der Waals surface area contributed by atoms with Crippen LogP contribution in [0.15, 0.2) is 37.5 Å². The summed E-state index contributed by atoms with van der Waals surface area (Å²) >= 11 is 4.24. The molecule has 20 heteroatoms. The van der Waals surface area contributed by atoms with Crippen molar-refractivity contribution in [3.05, 3.63) is 54.3 Å². The molecule has 3 saturated heterocycles. The molecule has 3 fully saturated rings. The van der Waals surface area contributed by atoms with Gasteiger partial charge < -0.3 is 49.7 Å². The Morgan fingerprint density at radius 2 is 1.20 bits per heavy atom. The van der Waals surface area contributed by atoms with Crippen LogP contribution in [0.2, 0.25) is 0 Å². The van der Waals surface area contributed by atoms with Gasteiger partial charge in [0.25, 0.3) is 0 Å². The zero-order valence-electron chi connectivity index (χ0n) is 42.6. The highest BCUT2D eigenvalue weighted by atomic mass is 128. The number of aliphatic hydroxyl groups is 3. The SMILES string of the molecule is C.CCn1cc(CN2C[C@H](C)[C@@H](O)C2)c2ncnc(OC(C)(C)C)c21.CCn1cc(OC)c2ncnc(OC(C)(C)C)c21.C[C@H]1CN(CC2=CCc3c(N)ncnc32)C[C@@H]1O.C[C@H]1CNC[C@@H]1O.II. The number of nitrogens with zero attached hydrogens (tertiary/aromatic N) is 10. The van der Waals surface area contributed by atoms with Crippen LogP contribution in [0.4, 0.5) is 5.82 Å². The van der Waals surface area contributed by atoms with Gasteiger partial charge in [-0.3, -0.25) is 9.80 Å². The van der Waals surface area contributed by atoms with E-state index in [1.54, 1.807) is 13.4 Å². The fourth-order valence-electron chi connectivity index (χ4n) is 8.73. The number of anilines is 1. The molecule has 6 N–H and O–H groups in total. The van der Waals surface area contributed by atoms with Gasteiger partial charge in [-0.15, -0.1) is 0 Å². The highest BCUT2D eigenvalue weighted by Gasteiger charge is 2.31. The molecule has 0 spiro atoms. The number of likely N-dealkylation sites (tertiary alicyclic amines) is 2. The molecule has 5 aromatic rings. The van der Waals surface area contributed by atoms with Gasteiger partial charge in [-0.05, 0) is 85.1 Å². The minimum atomic E-state index is -0.307. The number of methoxy groups -OCH3 is 1. The number of β-amino-alcohol motifs (C(OH)–C–C–N with tert-alkyl or cyclic N) is 3. The number of halogens is 2. The molecule has 8 heterocycles. The molecule has 6 atom stereocenters. The summed E-state index contributed by atoms with van der Waals surface area (Å²) in [6.07, 6.45) is 11.1. The third kappa shape index (κ3) is 15.5. The second kappa shape index (κ2) is 26.4. The van der Waals surface area contributed by atoms with Crippen molar-refractivity contribution in [2.45, 2.75) is 139 Å². The standard InChI is InChI=1S/C18H28N4O2.C13H18N4O.C13H19N3O2.C5H11NO.CH4.I2/c1-6-22-9-13(8-21-7-12(2)14(23)10-21)15-16(22)17(20-11-19-15)24-18(3,4)5;1-8-4-17(6-11(8)18)5-9-2-3-10-12(9)15-7-16-13(10)14;1-6-16-7-9(17-5)10-11(16)12(15-8-14-10)18-13(2,3)4;1-4-2-6-3-5(4)7;;1-2/h9,11-12,14,23H,6-8,10H2,1-5H3;2,7-8,11,18H,3-6H2,1H3,(H2,14,15,16);7-8H,6H2,1-5H3;4-7H,2-3H2,1H3;1H4;/t12-,14-;8-,11-;;4-,5-;;/m00.0../s1. The first-order valence-corrected chi connectivity index (χ1v) is 30.2. The molecule has 70 heavy (non-hydrogen) atoms. The normalized spacial score (nSPS) is 22.0. The van der Waals surface area contributed by atoms with Crippen LogP contribution in [0.5, 0.6) is 17.5 Å². The monoisotopic (exact) mass is 1200 g/mol. The fourth-order valence-corrected chi connectivity index (χ4v) is 8.73. The Kier molecular flexibility index (Phi) is 22.3. The van der Waals surface area contributed by atoms with Crippen molar-refractivity contribution in [3.63, 3.8) is 0 Å². The van der Waals surface area contributed by atoms with Crippen LogP contribution in [0.1, 0.15) is 100 Å². The summed E-state index contributed by atoms with van der Waals surface area (Å²) in [5, 5.41) is 31.8. The van der Waals surface area contributed by atoms with Gasteiger partial charge in [0.15, 0.2) is 5.75 Å². The highest BCUT2D eigenvalue weighted by molar-refractivity contribution is 15.0. The molecular weight excluding hydrogens is 1120 g/mol. The molecule has 3 aliphatic heterocycles. The predicted molar refractivity (Wildman–Crippen MR) is 297 cm³/mol. The number of fused-ring (bicyclic) bond motifs is 3. The van der Waals surface area contributed by atoms with Crippen LogP contribution in [0.25, 0.3) is 27.6 Å². The molecule has 4 aliphatic rings. The lowest BCUT2D eigenvalue weighted by Crippen LogP contribution is -2.24. The van der Waals surface area contributed by atoms with Gasteiger partial charge in [-0.1, -0.05) is 34.3 Å². The number of allylic oxidation sites excluding steroid dienone is 1. The predicted octanol–water partition coefficient (Wildman–Crippen LogP) is 7.38. The van der Waals surface area contributed by atoms with Gasteiger partial charge in [-0.2, -0.15) is 9.97 Å². The van der Waals surface area contributed by atoms with Crippen LogP contribution in [0.3, 0.4) is 0 Å². The quantitative estimate of drug-likeness (QED) is 0.0909. The summed E-state index contributed by atoms with van der Waals surface area (Å²) in [6, 6.07) is 0. The van der Waals surface area contributed by atoms with Gasteiger partial charge in [0, 0.05) is 126 Å². The van der Waals surface area contributed by atoms with E-state index in [0.29, 0.717) is 35.3 Å². The van der Waals surface area contributed by atoms with Gasteiger partial charge in [0.2, 0.25) is 11.8 Å². The van der Waals surface area contributed by atoms with E-state index < -0.39 is 0 Å². The highest BCUT2D eigenvalue weighted by Crippen LogP contribution is 2.34. The van der Waals surface area contributed by atoms with E-state index in [9.17, 15) is 10.2 Å². The smallest absolute Gasteiger partial charge is 0.242 e. The topological polar surface area (TPSA) is 220 Å². The number of rotatable bonds is 9. The lowest BCUT2D eigenvalue weighted by Gasteiger charge is -2.21. The minimum Gasteiger partial charge on any atom is -0.493 e. The summed E-state index contributed by atoms with van der Waals surface area (Å²) < 4.78 is 21.5. The Morgan fingerprint density at radius 3 is 1.66 bits per heavy atom. The number of hydrogen-bond donors (Lipinski definition) is 5. The van der Waals surface area contributed by atoms with E-state index in [-0.39, 0.29) is 36.9 Å². The number of nitrogens with one attached hydrogen (secondary N) is 1. The van der Waals surface area contributed by atoms with Crippen molar-refractivity contribution < 1.29 is 29.5 Å². The number of aromatic nitrogens is 8. The van der Waals surface area contributed by atoms with Gasteiger partial charge in [-0.25, -0.2) is 19.9 Å². The molecule has 1 aliphatic carbocycles. The lowest BCUT2D eigenvalue weighted by molar-refractivity contribution is 0.125. The second-order valence-corrected chi connectivity index (χ2v) is 20.3. The number of aryl methyl sites for hydroxylation is 2. The van der Waals surface area contributed by atoms with E-state index in [4.69, 9.17) is 25.1 Å². The molecule has 0 amide bonds. The van der Waals surface area contributed by atoms with Gasteiger partial charge >= 0.3 is 0 Å². The van der Waals surface area contributed by atoms with E-state index in [0.717, 1.165) is 117 Å². The average molecular weight is 1200 g/mol. The Bertz CT molecular complexity index is 2430. The number of hydrogen-bond acceptors (Lipinski definition) is 16. The van der Waals surface area contributed by atoms with Gasteiger partial charge in [0.1, 0.15) is 58.1 Å². The van der Waals surface area contributed by atoms with Crippen molar-refractivity contribution in [1.82, 2.24) is 54.2 Å². The van der Waals surface area contributed by atoms with E-state index in [1.165, 1.54) is 18.2 Å². The molecule has 0 radical (unpaired) electrons. The van der Waals surface area contributed by atoms with E-state index in [1.807, 2.05) is 59.2 Å². The van der Waals surface area contributed by atoms with Crippen molar-refractivity contribution in [1.29, 1.82) is 0 Å². The third-order valence-corrected chi connectivity index (χ3v) is 12.4. The van der Waals surface area contributed by atoms with Crippen LogP contribution < -0.4 is 25.3 Å². The molecule has 5 aromatic heterocycles. The van der Waals surface area contributed by atoms with Crippen LogP contribution in [-0.2, 0) is 26.1 Å². The van der Waals surface area contributed by atoms with Crippen LogP contribution in [-0.4, -0.2) is 147 Å². The number of aliphatic hydroxyl groups excluding tert-OH is 3. The Morgan fingerprint density at radius 1 is 0.686 bits per heavy atom. The second-order valence-electron chi connectivity index (χ2n) is 20.3. The first-order chi connectivity index (χ1) is 32.7. The molecule has 9 rings (SSSR count). The minimum absolute atomic E-state index is 0. The molecule has 0 unspecified atom stereocenters. The Labute approximate surface area is 438 Å². The maximum atomic E-state index is 9.99. The van der Waals surface area contributed by atoms with Crippen LogP contribution in [0, 0.1) is 17.8 Å². The maximum Gasteiger partial charge on any atom is 0.242 e. The zero-order chi connectivity index (χ0) is 50.8. The summed E-state index contributed by atoms with van der Waals surface area (Å²) in [7, 11) is 1.64. The first kappa shape index (κ1) is 59.0. The van der Waals surface area contributed by atoms with Crippen LogP contribution >= 0.6 is 37.2 Å². The van der Waals surface area contributed by atoms with Crippen molar-refractivity contribution in [2.75, 3.05) is 58.7 Å². The van der Waals surface area contributed by atoms with Crippen molar-refractivity contribution in [3.8, 4) is 17.5 Å². The van der Waals surface area contributed by atoms with E-state index in [2.05, 4.69) is 127 Å². The first-order valence-electron chi connectivity index (χ1n) is 23.9. The molecule has 0 aromatic carbocycles. The zero-order valence-corrected chi connectivity index (χ0v) is 46.9. The summed E-state index contributed by atoms with van der Waals surface area (Å²) in [5.74, 6) is 3.68. The molecule has 0 saturated carbocycles. The number of ether oxygens (including phenoxy) is 3.